The first kappa shape index (κ1) is 25.4. The number of carbonyl (C=O) groups excluding carboxylic acids is 1. The highest BCUT2D eigenvalue weighted by molar-refractivity contribution is 14.0. The number of nitrogens with one attached hydrogen (secondary N) is 2. The van der Waals surface area contributed by atoms with Gasteiger partial charge in [0.1, 0.15) is 5.75 Å². The van der Waals surface area contributed by atoms with Crippen molar-refractivity contribution in [1.29, 1.82) is 0 Å². The van der Waals surface area contributed by atoms with E-state index in [1.807, 2.05) is 25.1 Å². The fourth-order valence-corrected chi connectivity index (χ4v) is 2.13. The first-order valence-corrected chi connectivity index (χ1v) is 9.25. The molecule has 0 aliphatic heterocycles. The summed E-state index contributed by atoms with van der Waals surface area (Å²) in [5, 5.41) is 6.53. The second kappa shape index (κ2) is 16.6. The molecular weight excluding hydrogens is 459 g/mol. The first-order chi connectivity index (χ1) is 12.7. The third kappa shape index (κ3) is 13.3. The number of aliphatic imine (C=N–C) groups is 1. The van der Waals surface area contributed by atoms with E-state index in [1.54, 1.807) is 6.07 Å². The molecule has 1 aromatic carbocycles. The van der Waals surface area contributed by atoms with Crippen LogP contribution >= 0.6 is 24.0 Å². The van der Waals surface area contributed by atoms with Crippen LogP contribution in [0.1, 0.15) is 38.7 Å². The van der Waals surface area contributed by atoms with Crippen LogP contribution in [0.5, 0.6) is 5.75 Å². The lowest BCUT2D eigenvalue weighted by Crippen LogP contribution is -2.38. The normalized spacial score (nSPS) is 10.8. The fourth-order valence-electron chi connectivity index (χ4n) is 2.13. The minimum atomic E-state index is -0.495. The van der Waals surface area contributed by atoms with Gasteiger partial charge in [0.15, 0.2) is 12.6 Å². The number of guanidine groups is 1. The summed E-state index contributed by atoms with van der Waals surface area (Å²) >= 11 is 0. The molecule has 4 N–H and O–H groups in total. The average molecular weight is 492 g/mol. The summed E-state index contributed by atoms with van der Waals surface area (Å²) in [6, 6.07) is 7.48. The van der Waals surface area contributed by atoms with Crippen LogP contribution < -0.4 is 21.1 Å². The predicted molar refractivity (Wildman–Crippen MR) is 120 cm³/mol. The van der Waals surface area contributed by atoms with Crippen molar-refractivity contribution in [3.63, 3.8) is 0 Å². The van der Waals surface area contributed by atoms with Gasteiger partial charge in [0, 0.05) is 26.3 Å². The minimum Gasteiger partial charge on any atom is -0.484 e. The van der Waals surface area contributed by atoms with Gasteiger partial charge in [0.05, 0.1) is 6.54 Å². The SMILES string of the molecule is CCCCOCCCNC(=NCc1cccc(OCC(N)=O)c1)NCC.I. The van der Waals surface area contributed by atoms with Gasteiger partial charge in [-0.2, -0.15) is 0 Å². The van der Waals surface area contributed by atoms with Crippen LogP contribution in [0.2, 0.25) is 0 Å². The third-order valence-corrected chi connectivity index (χ3v) is 3.44. The highest BCUT2D eigenvalue weighted by Crippen LogP contribution is 2.13. The lowest BCUT2D eigenvalue weighted by molar-refractivity contribution is -0.119. The largest absolute Gasteiger partial charge is 0.484 e. The molecule has 0 unspecified atom stereocenters. The highest BCUT2D eigenvalue weighted by Gasteiger charge is 2.01. The number of benzene rings is 1. The molecule has 8 heteroatoms. The van der Waals surface area contributed by atoms with E-state index in [4.69, 9.17) is 15.2 Å². The number of nitrogens with zero attached hydrogens (tertiary/aromatic N) is 1. The molecule has 0 atom stereocenters. The summed E-state index contributed by atoms with van der Waals surface area (Å²) < 4.78 is 10.9. The molecular formula is C19H33IN4O3. The number of halogens is 1. The summed E-state index contributed by atoms with van der Waals surface area (Å²) in [5.41, 5.74) is 6.08. The summed E-state index contributed by atoms with van der Waals surface area (Å²) in [6.45, 7) is 7.76. The van der Waals surface area contributed by atoms with Gasteiger partial charge < -0.3 is 25.8 Å². The van der Waals surface area contributed by atoms with Crippen LogP contribution in [-0.4, -0.2) is 44.8 Å². The molecule has 0 fully saturated rings. The van der Waals surface area contributed by atoms with Gasteiger partial charge in [-0.15, -0.1) is 24.0 Å². The molecule has 0 saturated carbocycles. The van der Waals surface area contributed by atoms with Crippen molar-refractivity contribution in [2.75, 3.05) is 32.9 Å². The van der Waals surface area contributed by atoms with Gasteiger partial charge in [0.25, 0.3) is 5.91 Å². The number of primary amides is 1. The molecule has 0 aliphatic rings. The Morgan fingerprint density at radius 2 is 1.96 bits per heavy atom. The van der Waals surface area contributed by atoms with Crippen LogP contribution in [0.15, 0.2) is 29.3 Å². The summed E-state index contributed by atoms with van der Waals surface area (Å²) in [4.78, 5) is 15.4. The zero-order valence-corrected chi connectivity index (χ0v) is 18.7. The maximum atomic E-state index is 10.8. The predicted octanol–water partition coefficient (Wildman–Crippen LogP) is 2.43. The van der Waals surface area contributed by atoms with Crippen molar-refractivity contribution in [3.8, 4) is 5.75 Å². The van der Waals surface area contributed by atoms with E-state index in [0.29, 0.717) is 12.3 Å². The van der Waals surface area contributed by atoms with Crippen LogP contribution in [0.4, 0.5) is 0 Å². The Bertz CT molecular complexity index is 556. The average Bonchev–Trinajstić information content (AvgIpc) is 2.64. The van der Waals surface area contributed by atoms with Crippen LogP contribution in [0.25, 0.3) is 0 Å². The molecule has 1 amide bonds. The first-order valence-electron chi connectivity index (χ1n) is 9.25. The van der Waals surface area contributed by atoms with E-state index in [2.05, 4.69) is 22.5 Å². The Morgan fingerprint density at radius 1 is 1.19 bits per heavy atom. The number of carbonyl (C=O) groups is 1. The zero-order valence-electron chi connectivity index (χ0n) is 16.3. The minimum absolute atomic E-state index is 0. The number of rotatable bonds is 13. The molecule has 0 saturated heterocycles. The summed E-state index contributed by atoms with van der Waals surface area (Å²) in [6.07, 6.45) is 3.20. The lowest BCUT2D eigenvalue weighted by atomic mass is 10.2. The Hall–Kier alpha value is -1.55. The highest BCUT2D eigenvalue weighted by atomic mass is 127. The Labute approximate surface area is 179 Å². The van der Waals surface area contributed by atoms with Crippen molar-refractivity contribution in [2.24, 2.45) is 10.7 Å². The molecule has 0 aromatic heterocycles. The monoisotopic (exact) mass is 492 g/mol. The molecule has 0 radical (unpaired) electrons. The van der Waals surface area contributed by atoms with Gasteiger partial charge in [-0.05, 0) is 37.5 Å². The van der Waals surface area contributed by atoms with Crippen LogP contribution in [0, 0.1) is 0 Å². The number of nitrogens with two attached hydrogens (primary N) is 1. The molecule has 1 aromatic rings. The maximum Gasteiger partial charge on any atom is 0.255 e. The van der Waals surface area contributed by atoms with Crippen molar-refractivity contribution in [2.45, 2.75) is 39.7 Å². The Morgan fingerprint density at radius 3 is 2.67 bits per heavy atom. The van der Waals surface area contributed by atoms with E-state index < -0.39 is 5.91 Å². The van der Waals surface area contributed by atoms with Crippen molar-refractivity contribution in [1.82, 2.24) is 10.6 Å². The number of amides is 1. The molecule has 0 spiro atoms. The van der Waals surface area contributed by atoms with Gasteiger partial charge in [0.2, 0.25) is 0 Å². The Kier molecular flexibility index (Phi) is 15.7. The third-order valence-electron chi connectivity index (χ3n) is 3.44. The topological polar surface area (TPSA) is 98.0 Å². The van der Waals surface area contributed by atoms with E-state index in [1.165, 1.54) is 0 Å². The maximum absolute atomic E-state index is 10.8. The molecule has 154 valence electrons. The smallest absolute Gasteiger partial charge is 0.255 e. The molecule has 7 nitrogen and oxygen atoms in total. The van der Waals surface area contributed by atoms with Crippen LogP contribution in [-0.2, 0) is 16.1 Å². The van der Waals surface area contributed by atoms with Gasteiger partial charge in [-0.25, -0.2) is 4.99 Å². The van der Waals surface area contributed by atoms with Crippen molar-refractivity contribution in [3.05, 3.63) is 29.8 Å². The molecule has 27 heavy (non-hydrogen) atoms. The van der Waals surface area contributed by atoms with Crippen LogP contribution in [0.3, 0.4) is 0 Å². The molecule has 0 aliphatic carbocycles. The Balaban J connectivity index is 0.00000676. The summed E-state index contributed by atoms with van der Waals surface area (Å²) in [7, 11) is 0. The van der Waals surface area contributed by atoms with Crippen molar-refractivity contribution < 1.29 is 14.3 Å². The van der Waals surface area contributed by atoms with E-state index in [-0.39, 0.29) is 30.6 Å². The number of ether oxygens (including phenoxy) is 2. The van der Waals surface area contributed by atoms with E-state index in [0.717, 1.165) is 57.1 Å². The standard InChI is InChI=1S/C19H32N4O3.HI/c1-3-5-11-25-12-7-10-22-19(21-4-2)23-14-16-8-6-9-17(13-16)26-15-18(20)24;/h6,8-9,13H,3-5,7,10-12,14-15H2,1-2H3,(H2,20,24)(H2,21,22,23);1H. The summed E-state index contributed by atoms with van der Waals surface area (Å²) in [5.74, 6) is 0.883. The van der Waals surface area contributed by atoms with Gasteiger partial charge in [-0.3, -0.25) is 4.79 Å². The van der Waals surface area contributed by atoms with Gasteiger partial charge in [-0.1, -0.05) is 25.5 Å². The second-order valence-electron chi connectivity index (χ2n) is 5.84. The van der Waals surface area contributed by atoms with E-state index in [9.17, 15) is 4.79 Å². The fraction of sp³-hybridized carbons (Fsp3) is 0.579. The quantitative estimate of drug-likeness (QED) is 0.170. The lowest BCUT2D eigenvalue weighted by Gasteiger charge is -2.11. The molecule has 0 bridgehead atoms. The number of hydrogen-bond donors (Lipinski definition) is 3. The van der Waals surface area contributed by atoms with E-state index >= 15 is 0 Å². The van der Waals surface area contributed by atoms with Gasteiger partial charge >= 0.3 is 0 Å². The second-order valence-corrected chi connectivity index (χ2v) is 5.84. The van der Waals surface area contributed by atoms with Crippen molar-refractivity contribution >= 4 is 35.8 Å². The zero-order chi connectivity index (χ0) is 19.0. The number of hydrogen-bond acceptors (Lipinski definition) is 4. The number of unbranched alkanes of at least 4 members (excludes halogenated alkanes) is 1. The molecule has 1 rings (SSSR count). The molecule has 0 heterocycles.